The van der Waals surface area contributed by atoms with Crippen LogP contribution in [0.25, 0.3) is 0 Å². The van der Waals surface area contributed by atoms with Gasteiger partial charge in [-0.2, -0.15) is 0 Å². The van der Waals surface area contributed by atoms with E-state index in [9.17, 15) is 19.5 Å². The second-order valence-electron chi connectivity index (χ2n) is 4.72. The molecule has 1 heterocycles. The molecule has 1 aliphatic rings. The summed E-state index contributed by atoms with van der Waals surface area (Å²) in [7, 11) is 1.33. The van der Waals surface area contributed by atoms with Gasteiger partial charge in [0.1, 0.15) is 18.8 Å². The quantitative estimate of drug-likeness (QED) is 0.510. The number of rotatable bonds is 5. The molecule has 1 rings (SSSR count). The molecule has 3 unspecified atom stereocenters. The Bertz CT molecular complexity index is 422. The van der Waals surface area contributed by atoms with Gasteiger partial charge in [0.05, 0.1) is 0 Å². The molecule has 1 aliphatic heterocycles. The van der Waals surface area contributed by atoms with Crippen LogP contribution in [0.4, 0.5) is 0 Å². The van der Waals surface area contributed by atoms with E-state index in [1.54, 1.807) is 0 Å². The van der Waals surface area contributed by atoms with E-state index in [4.69, 9.17) is 23.7 Å². The SMILES string of the molecule is CO[C@H]1C(COC(C)=O)O[C@H](O)C(OC(C)=O)C1OC(C)=O. The lowest BCUT2D eigenvalue weighted by Gasteiger charge is -2.42. The molecule has 0 spiro atoms. The standard InChI is InChI=1S/C13H20O9/c1-6(14)19-5-9-10(18-4)11(20-7(2)15)12(13(17)22-9)21-8(3)16/h9-13,17H,5H2,1-4H3/t9?,10-,11?,12?,13-/m0/s1. The van der Waals surface area contributed by atoms with Crippen LogP contribution in [0.1, 0.15) is 20.8 Å². The van der Waals surface area contributed by atoms with E-state index in [1.165, 1.54) is 21.0 Å². The van der Waals surface area contributed by atoms with Gasteiger partial charge in [-0.05, 0) is 0 Å². The first-order valence-electron chi connectivity index (χ1n) is 6.60. The number of methoxy groups -OCH3 is 1. The normalized spacial score (nSPS) is 31.2. The van der Waals surface area contributed by atoms with Crippen LogP contribution in [0.2, 0.25) is 0 Å². The Balaban J connectivity index is 2.96. The maximum Gasteiger partial charge on any atom is 0.303 e. The third-order valence-electron chi connectivity index (χ3n) is 2.94. The fourth-order valence-electron chi connectivity index (χ4n) is 2.16. The number of carbonyl (C=O) groups excluding carboxylic acids is 3. The van der Waals surface area contributed by atoms with Gasteiger partial charge in [-0.15, -0.1) is 0 Å². The van der Waals surface area contributed by atoms with Crippen molar-refractivity contribution in [1.29, 1.82) is 0 Å². The molecule has 0 radical (unpaired) electrons. The number of hydrogen-bond donors (Lipinski definition) is 1. The zero-order chi connectivity index (χ0) is 16.9. The number of aliphatic hydroxyl groups excluding tert-OH is 1. The Morgan fingerprint density at radius 2 is 1.50 bits per heavy atom. The van der Waals surface area contributed by atoms with Crippen molar-refractivity contribution >= 4 is 17.9 Å². The molecule has 126 valence electrons. The average molecular weight is 320 g/mol. The number of aliphatic hydroxyl groups is 1. The van der Waals surface area contributed by atoms with E-state index >= 15 is 0 Å². The maximum absolute atomic E-state index is 11.3. The highest BCUT2D eigenvalue weighted by Crippen LogP contribution is 2.27. The molecule has 1 N–H and O–H groups in total. The van der Waals surface area contributed by atoms with Crippen LogP contribution in [0.5, 0.6) is 0 Å². The lowest BCUT2D eigenvalue weighted by Crippen LogP contribution is -2.61. The first-order valence-corrected chi connectivity index (χ1v) is 6.60. The minimum Gasteiger partial charge on any atom is -0.463 e. The molecule has 0 aromatic rings. The second-order valence-corrected chi connectivity index (χ2v) is 4.72. The van der Waals surface area contributed by atoms with Crippen LogP contribution in [-0.4, -0.2) is 67.4 Å². The highest BCUT2D eigenvalue weighted by atomic mass is 16.7. The molecule has 5 atom stereocenters. The number of hydrogen-bond acceptors (Lipinski definition) is 9. The first-order chi connectivity index (χ1) is 10.3. The molecule has 0 aliphatic carbocycles. The van der Waals surface area contributed by atoms with Gasteiger partial charge in [-0.25, -0.2) is 0 Å². The molecule has 9 heteroatoms. The van der Waals surface area contributed by atoms with Gasteiger partial charge in [-0.3, -0.25) is 14.4 Å². The molecular formula is C13H20O9. The molecule has 22 heavy (non-hydrogen) atoms. The average Bonchev–Trinajstić information content (AvgIpc) is 2.39. The molecule has 0 amide bonds. The summed E-state index contributed by atoms with van der Waals surface area (Å²) >= 11 is 0. The minimum atomic E-state index is -1.56. The monoisotopic (exact) mass is 320 g/mol. The van der Waals surface area contributed by atoms with E-state index in [0.29, 0.717) is 0 Å². The summed E-state index contributed by atoms with van der Waals surface area (Å²) in [6, 6.07) is 0. The maximum atomic E-state index is 11.3. The summed E-state index contributed by atoms with van der Waals surface area (Å²) in [4.78, 5) is 33.3. The molecule has 1 saturated heterocycles. The van der Waals surface area contributed by atoms with Gasteiger partial charge in [0.15, 0.2) is 18.5 Å². The Labute approximate surface area is 127 Å². The molecule has 0 aromatic heterocycles. The summed E-state index contributed by atoms with van der Waals surface area (Å²) < 4.78 is 25.3. The van der Waals surface area contributed by atoms with Crippen molar-refractivity contribution in [3.05, 3.63) is 0 Å². The fourth-order valence-corrected chi connectivity index (χ4v) is 2.16. The largest absolute Gasteiger partial charge is 0.463 e. The predicted octanol–water partition coefficient (Wildman–Crippen LogP) is -0.855. The smallest absolute Gasteiger partial charge is 0.303 e. The van der Waals surface area contributed by atoms with Gasteiger partial charge in [0.25, 0.3) is 0 Å². The summed E-state index contributed by atoms with van der Waals surface area (Å²) in [6.45, 7) is 3.31. The van der Waals surface area contributed by atoms with Crippen LogP contribution in [0.3, 0.4) is 0 Å². The summed E-state index contributed by atoms with van der Waals surface area (Å²) in [5.74, 6) is -1.87. The Morgan fingerprint density at radius 3 is 1.95 bits per heavy atom. The van der Waals surface area contributed by atoms with Crippen molar-refractivity contribution in [3.63, 3.8) is 0 Å². The molecule has 0 bridgehead atoms. The van der Waals surface area contributed by atoms with Gasteiger partial charge in [0, 0.05) is 27.9 Å². The molecule has 1 fully saturated rings. The highest BCUT2D eigenvalue weighted by Gasteiger charge is 2.50. The number of ether oxygens (including phenoxy) is 5. The second kappa shape index (κ2) is 8.06. The van der Waals surface area contributed by atoms with Gasteiger partial charge in [-0.1, -0.05) is 0 Å². The van der Waals surface area contributed by atoms with Crippen LogP contribution in [0.15, 0.2) is 0 Å². The molecule has 9 nitrogen and oxygen atoms in total. The minimum absolute atomic E-state index is 0.213. The van der Waals surface area contributed by atoms with E-state index in [-0.39, 0.29) is 6.61 Å². The topological polar surface area (TPSA) is 118 Å². The van der Waals surface area contributed by atoms with E-state index < -0.39 is 48.6 Å². The first kappa shape index (κ1) is 18.3. The van der Waals surface area contributed by atoms with Gasteiger partial charge in [0.2, 0.25) is 0 Å². The Kier molecular flexibility index (Phi) is 6.72. The van der Waals surface area contributed by atoms with Crippen LogP contribution >= 0.6 is 0 Å². The zero-order valence-electron chi connectivity index (χ0n) is 12.8. The van der Waals surface area contributed by atoms with Crippen LogP contribution < -0.4 is 0 Å². The third-order valence-corrected chi connectivity index (χ3v) is 2.94. The lowest BCUT2D eigenvalue weighted by molar-refractivity contribution is -0.297. The van der Waals surface area contributed by atoms with Gasteiger partial charge < -0.3 is 28.8 Å². The Morgan fingerprint density at radius 1 is 0.955 bits per heavy atom. The van der Waals surface area contributed by atoms with Crippen molar-refractivity contribution in [1.82, 2.24) is 0 Å². The summed E-state index contributed by atoms with van der Waals surface area (Å²) in [5.41, 5.74) is 0. The van der Waals surface area contributed by atoms with E-state index in [2.05, 4.69) is 0 Å². The zero-order valence-corrected chi connectivity index (χ0v) is 12.8. The molecule has 0 aromatic carbocycles. The van der Waals surface area contributed by atoms with Crippen molar-refractivity contribution in [2.75, 3.05) is 13.7 Å². The highest BCUT2D eigenvalue weighted by molar-refractivity contribution is 5.67. The van der Waals surface area contributed by atoms with E-state index in [0.717, 1.165) is 6.92 Å². The Hall–Kier alpha value is -1.71. The van der Waals surface area contributed by atoms with Crippen molar-refractivity contribution in [2.45, 2.75) is 51.5 Å². The van der Waals surface area contributed by atoms with Crippen molar-refractivity contribution < 1.29 is 43.2 Å². The fraction of sp³-hybridized carbons (Fsp3) is 0.769. The summed E-state index contributed by atoms with van der Waals surface area (Å²) in [5, 5.41) is 9.96. The summed E-state index contributed by atoms with van der Waals surface area (Å²) in [6.07, 6.45) is -5.69. The number of esters is 3. The predicted molar refractivity (Wildman–Crippen MR) is 69.4 cm³/mol. The number of carbonyl (C=O) groups is 3. The van der Waals surface area contributed by atoms with Crippen molar-refractivity contribution in [2.24, 2.45) is 0 Å². The third kappa shape index (κ3) is 4.93. The van der Waals surface area contributed by atoms with E-state index in [1.807, 2.05) is 0 Å². The van der Waals surface area contributed by atoms with Crippen LogP contribution in [-0.2, 0) is 38.1 Å². The van der Waals surface area contributed by atoms with Gasteiger partial charge >= 0.3 is 17.9 Å². The molecular weight excluding hydrogens is 300 g/mol. The van der Waals surface area contributed by atoms with Crippen LogP contribution in [0, 0.1) is 0 Å². The molecule has 0 saturated carbocycles. The lowest BCUT2D eigenvalue weighted by atomic mass is 9.98. The van der Waals surface area contributed by atoms with Crippen molar-refractivity contribution in [3.8, 4) is 0 Å².